The van der Waals surface area contributed by atoms with Gasteiger partial charge < -0.3 is 34.8 Å². The normalized spacial score (nSPS) is 14.4. The molecule has 0 fully saturated rings. The van der Waals surface area contributed by atoms with Gasteiger partial charge in [-0.25, -0.2) is 4.39 Å². The van der Waals surface area contributed by atoms with E-state index < -0.39 is 21.4 Å². The average Bonchev–Trinajstić information content (AvgIpc) is 3.65. The molecule has 0 unspecified atom stereocenters. The second-order valence-electron chi connectivity index (χ2n) is 11.9. The zero-order valence-electron chi connectivity index (χ0n) is 25.4. The number of hydrogen-bond donors (Lipinski definition) is 4. The lowest BCUT2D eigenvalue weighted by Gasteiger charge is -2.12. The topological polar surface area (TPSA) is 114 Å². The predicted molar refractivity (Wildman–Crippen MR) is 180 cm³/mol. The Morgan fingerprint density at radius 3 is 1.86 bits per heavy atom. The van der Waals surface area contributed by atoms with E-state index in [1.807, 2.05) is 38.1 Å². The van der Waals surface area contributed by atoms with E-state index in [0.29, 0.717) is 49.2 Å². The SMILES string of the molecule is C.C.CC(C)c1cc(CN)c2c(c1)B(O)OC2.CC(C)c1ccc2c(c1)B(O)OC2.CC(C)c1ccc2c(c1F)B(O)OC2. The molecule has 7 nitrogen and oxygen atoms in total. The van der Waals surface area contributed by atoms with Gasteiger partial charge in [-0.2, -0.15) is 0 Å². The highest BCUT2D eigenvalue weighted by Crippen LogP contribution is 2.23. The van der Waals surface area contributed by atoms with Crippen LogP contribution < -0.4 is 22.1 Å². The first kappa shape index (κ1) is 37.7. The molecule has 3 aromatic rings. The van der Waals surface area contributed by atoms with Crippen molar-refractivity contribution in [2.75, 3.05) is 0 Å². The summed E-state index contributed by atoms with van der Waals surface area (Å²) in [6, 6.07) is 13.9. The molecule has 3 aliphatic rings. The summed E-state index contributed by atoms with van der Waals surface area (Å²) in [6.45, 7) is 14.2. The Morgan fingerprint density at radius 2 is 1.25 bits per heavy atom. The monoisotopic (exact) mass is 607 g/mol. The number of fused-ring (bicyclic) bond motifs is 3. The Labute approximate surface area is 264 Å². The van der Waals surface area contributed by atoms with Crippen LogP contribution in [0.3, 0.4) is 0 Å². The maximum atomic E-state index is 13.8. The molecule has 0 aromatic heterocycles. The van der Waals surface area contributed by atoms with Crippen molar-refractivity contribution >= 4 is 37.7 Å². The molecule has 0 saturated carbocycles. The lowest BCUT2D eigenvalue weighted by molar-refractivity contribution is 0.274. The minimum absolute atomic E-state index is 0. The van der Waals surface area contributed by atoms with Crippen LogP contribution in [0, 0.1) is 5.82 Å². The quantitative estimate of drug-likeness (QED) is 0.333. The average molecular weight is 607 g/mol. The van der Waals surface area contributed by atoms with Gasteiger partial charge >= 0.3 is 21.4 Å². The zero-order chi connectivity index (χ0) is 30.7. The summed E-state index contributed by atoms with van der Waals surface area (Å²) in [5.74, 6) is 0.738. The summed E-state index contributed by atoms with van der Waals surface area (Å²) >= 11 is 0. The Bertz CT molecular complexity index is 1400. The molecule has 5 N–H and O–H groups in total. The molecule has 0 amide bonds. The molecule has 6 rings (SSSR count). The highest BCUT2D eigenvalue weighted by atomic mass is 19.1. The highest BCUT2D eigenvalue weighted by molar-refractivity contribution is 6.62. The highest BCUT2D eigenvalue weighted by Gasteiger charge is 2.32. The van der Waals surface area contributed by atoms with Crippen molar-refractivity contribution < 1.29 is 33.4 Å². The third-order valence-corrected chi connectivity index (χ3v) is 8.00. The van der Waals surface area contributed by atoms with E-state index in [1.54, 1.807) is 6.07 Å². The van der Waals surface area contributed by atoms with Gasteiger partial charge in [0.05, 0.1) is 19.8 Å². The second-order valence-corrected chi connectivity index (χ2v) is 11.9. The molecular formula is C33H49B3FNO6. The van der Waals surface area contributed by atoms with Crippen LogP contribution in [-0.4, -0.2) is 36.4 Å². The molecule has 3 aliphatic heterocycles. The fourth-order valence-corrected chi connectivity index (χ4v) is 5.28. The van der Waals surface area contributed by atoms with Crippen molar-refractivity contribution in [2.24, 2.45) is 5.73 Å². The first-order valence-corrected chi connectivity index (χ1v) is 14.6. The fraction of sp³-hybridized carbons (Fsp3) is 0.455. The minimum atomic E-state index is -1.09. The fourth-order valence-electron chi connectivity index (χ4n) is 5.28. The van der Waals surface area contributed by atoms with E-state index in [2.05, 4.69) is 39.8 Å². The molecule has 0 atom stereocenters. The van der Waals surface area contributed by atoms with E-state index in [1.165, 1.54) is 11.1 Å². The van der Waals surface area contributed by atoms with Crippen LogP contribution in [-0.2, 0) is 40.3 Å². The molecular weight excluding hydrogens is 558 g/mol. The first-order chi connectivity index (χ1) is 19.9. The molecule has 238 valence electrons. The summed E-state index contributed by atoms with van der Waals surface area (Å²) in [6.07, 6.45) is 0. The Morgan fingerprint density at radius 1 is 0.705 bits per heavy atom. The molecule has 0 bridgehead atoms. The molecule has 3 aromatic carbocycles. The molecule has 0 radical (unpaired) electrons. The van der Waals surface area contributed by atoms with Gasteiger partial charge in [0.25, 0.3) is 0 Å². The summed E-state index contributed by atoms with van der Waals surface area (Å²) in [7, 11) is -2.58. The molecule has 0 spiro atoms. The van der Waals surface area contributed by atoms with Crippen molar-refractivity contribution in [3.8, 4) is 0 Å². The minimum Gasteiger partial charge on any atom is -0.423 e. The van der Waals surface area contributed by atoms with Gasteiger partial charge in [-0.05, 0) is 67.6 Å². The first-order valence-electron chi connectivity index (χ1n) is 14.6. The van der Waals surface area contributed by atoms with Crippen LogP contribution in [0.2, 0.25) is 0 Å². The lowest BCUT2D eigenvalue weighted by Crippen LogP contribution is -2.32. The van der Waals surface area contributed by atoms with Gasteiger partial charge in [-0.15, -0.1) is 0 Å². The van der Waals surface area contributed by atoms with Crippen LogP contribution in [0.4, 0.5) is 4.39 Å². The van der Waals surface area contributed by atoms with E-state index in [9.17, 15) is 19.5 Å². The Kier molecular flexibility index (Phi) is 13.9. The van der Waals surface area contributed by atoms with E-state index in [4.69, 9.17) is 19.7 Å². The van der Waals surface area contributed by atoms with Gasteiger partial charge in [-0.1, -0.05) is 98.9 Å². The maximum Gasteiger partial charge on any atom is 0.494 e. The Balaban J connectivity index is 0.000000226. The number of halogens is 1. The summed E-state index contributed by atoms with van der Waals surface area (Å²) in [5.41, 5.74) is 14.9. The molecule has 11 heteroatoms. The van der Waals surface area contributed by atoms with Crippen LogP contribution in [0.1, 0.15) is 113 Å². The standard InChI is InChI=1S/C11H16BNO2.C10H12BFO2.C10H13BO2.2CH4/c1-7(2)8-3-9(5-13)10-6-15-12(14)11(10)4-8;1-6(2)8-4-3-7-5-14-11(13)9(7)10(8)12;1-7(2)8-3-4-9-6-13-11(12)10(9)5-8;;/h3-4,7,14H,5-6,13H2,1-2H3;3-4,6,13H,5H2,1-2H3;3-5,7,12H,6H2,1-2H3;2*1H4. The second kappa shape index (κ2) is 16.2. The van der Waals surface area contributed by atoms with Crippen molar-refractivity contribution in [3.05, 3.63) is 87.2 Å². The third kappa shape index (κ3) is 8.20. The number of rotatable bonds is 4. The van der Waals surface area contributed by atoms with Gasteiger partial charge in [-0.3, -0.25) is 0 Å². The third-order valence-electron chi connectivity index (χ3n) is 8.00. The van der Waals surface area contributed by atoms with Crippen LogP contribution in [0.25, 0.3) is 0 Å². The molecule has 3 heterocycles. The van der Waals surface area contributed by atoms with Gasteiger partial charge in [0.2, 0.25) is 0 Å². The van der Waals surface area contributed by atoms with Crippen molar-refractivity contribution in [3.63, 3.8) is 0 Å². The van der Waals surface area contributed by atoms with Crippen molar-refractivity contribution in [1.29, 1.82) is 0 Å². The predicted octanol–water partition coefficient (Wildman–Crippen LogP) is 3.95. The number of benzene rings is 3. The largest absolute Gasteiger partial charge is 0.494 e. The maximum absolute atomic E-state index is 13.8. The van der Waals surface area contributed by atoms with Gasteiger partial charge in [0, 0.05) is 12.0 Å². The number of hydrogen-bond acceptors (Lipinski definition) is 7. The van der Waals surface area contributed by atoms with Crippen LogP contribution in [0.15, 0.2) is 42.5 Å². The lowest BCUT2D eigenvalue weighted by atomic mass is 9.76. The summed E-state index contributed by atoms with van der Waals surface area (Å²) in [4.78, 5) is 0. The van der Waals surface area contributed by atoms with Crippen molar-refractivity contribution in [1.82, 2.24) is 0 Å². The smallest absolute Gasteiger partial charge is 0.423 e. The van der Waals surface area contributed by atoms with Gasteiger partial charge in [0.1, 0.15) is 5.82 Å². The zero-order valence-corrected chi connectivity index (χ0v) is 25.4. The number of nitrogens with two attached hydrogens (primary N) is 1. The Hall–Kier alpha value is -2.50. The summed E-state index contributed by atoms with van der Waals surface area (Å²) in [5, 5.41) is 28.5. The van der Waals surface area contributed by atoms with E-state index in [0.717, 1.165) is 33.2 Å². The summed E-state index contributed by atoms with van der Waals surface area (Å²) < 4.78 is 29.1. The molecule has 44 heavy (non-hydrogen) atoms. The van der Waals surface area contributed by atoms with E-state index in [-0.39, 0.29) is 26.6 Å². The van der Waals surface area contributed by atoms with Gasteiger partial charge in [0.15, 0.2) is 0 Å². The van der Waals surface area contributed by atoms with Crippen molar-refractivity contribution in [2.45, 2.75) is 101 Å². The van der Waals surface area contributed by atoms with Crippen LogP contribution in [0.5, 0.6) is 0 Å². The molecule has 0 saturated heterocycles. The van der Waals surface area contributed by atoms with Crippen LogP contribution >= 0.6 is 0 Å². The van der Waals surface area contributed by atoms with E-state index >= 15 is 0 Å². The molecule has 0 aliphatic carbocycles.